The fraction of sp³-hybridized carbons (Fsp3) is 0.800. The van der Waals surface area contributed by atoms with Crippen molar-refractivity contribution in [3.05, 3.63) is 0 Å². The van der Waals surface area contributed by atoms with Crippen LogP contribution in [0.3, 0.4) is 0 Å². The Morgan fingerprint density at radius 2 is 1.48 bits per heavy atom. The van der Waals surface area contributed by atoms with Crippen molar-refractivity contribution < 1.29 is 29.4 Å². The summed E-state index contributed by atoms with van der Waals surface area (Å²) in [5.74, 6) is -3.05. The van der Waals surface area contributed by atoms with Crippen molar-refractivity contribution in [2.75, 3.05) is 12.0 Å². The molecule has 0 aliphatic heterocycles. The van der Waals surface area contributed by atoms with Gasteiger partial charge in [0, 0.05) is 0 Å². The number of nitrogens with two attached hydrogens (primary N) is 1. The van der Waals surface area contributed by atoms with Gasteiger partial charge in [-0.2, -0.15) is 11.8 Å². The minimum Gasteiger partial charge on any atom is -0.480 e. The number of aliphatic hydroxyl groups excluding tert-OH is 1. The summed E-state index contributed by atoms with van der Waals surface area (Å²) in [5, 5.41) is 26.6. The summed E-state index contributed by atoms with van der Waals surface area (Å²) in [5.41, 5.74) is 5.65. The number of thioether (sulfide) groups is 1. The van der Waals surface area contributed by atoms with Crippen molar-refractivity contribution in [3.8, 4) is 0 Å². The van der Waals surface area contributed by atoms with Gasteiger partial charge in [0.05, 0.1) is 6.10 Å². The molecule has 0 saturated heterocycles. The maximum Gasteiger partial charge on any atom is 0.326 e. The third-order valence-electron chi connectivity index (χ3n) is 5.09. The molecule has 11 heteroatoms. The maximum atomic E-state index is 12.9. The van der Waals surface area contributed by atoms with Crippen LogP contribution >= 0.6 is 11.8 Å². The first-order chi connectivity index (χ1) is 14.4. The molecule has 0 aromatic carbocycles. The second-order valence-electron chi connectivity index (χ2n) is 8.05. The van der Waals surface area contributed by atoms with Gasteiger partial charge < -0.3 is 31.9 Å². The molecule has 0 saturated carbocycles. The molecule has 31 heavy (non-hydrogen) atoms. The van der Waals surface area contributed by atoms with Gasteiger partial charge in [-0.25, -0.2) is 4.79 Å². The van der Waals surface area contributed by atoms with Gasteiger partial charge in [0.15, 0.2) is 0 Å². The average molecular weight is 463 g/mol. The topological polar surface area (TPSA) is 171 Å². The summed E-state index contributed by atoms with van der Waals surface area (Å²) in [4.78, 5) is 49.4. The van der Waals surface area contributed by atoms with Crippen LogP contribution in [0.4, 0.5) is 0 Å². The van der Waals surface area contributed by atoms with Crippen molar-refractivity contribution in [2.45, 2.75) is 77.7 Å². The number of hydrogen-bond acceptors (Lipinski definition) is 7. The SMILES string of the molecule is CCC(C)C(NC(=O)C(CCSC)NC(=O)C(N)C(C)O)C(=O)NC(C(=O)O)C(C)C. The van der Waals surface area contributed by atoms with E-state index in [-0.39, 0.29) is 11.8 Å². The minimum absolute atomic E-state index is 0.276. The van der Waals surface area contributed by atoms with Crippen molar-refractivity contribution in [2.24, 2.45) is 17.6 Å². The Morgan fingerprint density at radius 3 is 1.90 bits per heavy atom. The molecule has 7 N–H and O–H groups in total. The number of carbonyl (C=O) groups excluding carboxylic acids is 3. The van der Waals surface area contributed by atoms with Crippen molar-refractivity contribution in [1.82, 2.24) is 16.0 Å². The molecule has 0 aliphatic rings. The molecule has 0 aromatic heterocycles. The number of hydrogen-bond donors (Lipinski definition) is 6. The van der Waals surface area contributed by atoms with Crippen LogP contribution in [0.2, 0.25) is 0 Å². The number of carboxylic acids is 1. The normalized spacial score (nSPS) is 17.1. The van der Waals surface area contributed by atoms with Gasteiger partial charge in [-0.15, -0.1) is 0 Å². The summed E-state index contributed by atoms with van der Waals surface area (Å²) in [6.45, 7) is 8.35. The fourth-order valence-corrected chi connectivity index (χ4v) is 3.18. The number of rotatable bonds is 14. The first-order valence-corrected chi connectivity index (χ1v) is 11.8. The Balaban J connectivity index is 5.52. The zero-order chi connectivity index (χ0) is 24.3. The second kappa shape index (κ2) is 14.3. The second-order valence-corrected chi connectivity index (χ2v) is 9.03. The summed E-state index contributed by atoms with van der Waals surface area (Å²) < 4.78 is 0. The third kappa shape index (κ3) is 9.88. The zero-order valence-corrected chi connectivity index (χ0v) is 20.0. The van der Waals surface area contributed by atoms with Crippen LogP contribution in [-0.4, -0.2) is 76.2 Å². The first kappa shape index (κ1) is 29.1. The smallest absolute Gasteiger partial charge is 0.326 e. The Bertz CT molecular complexity index is 616. The molecule has 6 unspecified atom stereocenters. The number of nitrogens with one attached hydrogen (secondary N) is 3. The zero-order valence-electron chi connectivity index (χ0n) is 19.2. The first-order valence-electron chi connectivity index (χ1n) is 10.4. The molecule has 0 spiro atoms. The third-order valence-corrected chi connectivity index (χ3v) is 5.73. The Morgan fingerprint density at radius 1 is 0.935 bits per heavy atom. The molecule has 0 fully saturated rings. The van der Waals surface area contributed by atoms with E-state index in [9.17, 15) is 29.4 Å². The predicted octanol–water partition coefficient (Wildman–Crippen LogP) is -0.311. The van der Waals surface area contributed by atoms with Gasteiger partial charge >= 0.3 is 5.97 Å². The monoisotopic (exact) mass is 462 g/mol. The number of carboxylic acid groups (broad SMARTS) is 1. The van der Waals surface area contributed by atoms with Gasteiger partial charge in [-0.05, 0) is 37.2 Å². The maximum absolute atomic E-state index is 12.9. The Labute approximate surface area is 188 Å². The summed E-state index contributed by atoms with van der Waals surface area (Å²) in [6, 6.07) is -4.21. The number of carbonyl (C=O) groups is 4. The Kier molecular flexibility index (Phi) is 13.4. The summed E-state index contributed by atoms with van der Waals surface area (Å²) in [6.07, 6.45) is 1.62. The van der Waals surface area contributed by atoms with E-state index < -0.39 is 54.0 Å². The van der Waals surface area contributed by atoms with Crippen molar-refractivity contribution in [1.29, 1.82) is 0 Å². The van der Waals surface area contributed by atoms with Gasteiger partial charge in [-0.3, -0.25) is 14.4 Å². The number of amides is 3. The van der Waals surface area contributed by atoms with Gasteiger partial charge in [0.2, 0.25) is 17.7 Å². The summed E-state index contributed by atoms with van der Waals surface area (Å²) in [7, 11) is 0. The van der Waals surface area contributed by atoms with Crippen LogP contribution in [0.1, 0.15) is 47.5 Å². The molecule has 0 aliphatic carbocycles. The van der Waals surface area contributed by atoms with Gasteiger partial charge in [0.1, 0.15) is 24.2 Å². The van der Waals surface area contributed by atoms with E-state index in [4.69, 9.17) is 5.73 Å². The highest BCUT2D eigenvalue weighted by Gasteiger charge is 2.33. The lowest BCUT2D eigenvalue weighted by Gasteiger charge is -2.29. The highest BCUT2D eigenvalue weighted by molar-refractivity contribution is 7.98. The molecule has 0 bridgehead atoms. The molecule has 180 valence electrons. The molecule has 0 aromatic rings. The molecule has 0 radical (unpaired) electrons. The van der Waals surface area contributed by atoms with Crippen molar-refractivity contribution in [3.63, 3.8) is 0 Å². The van der Waals surface area contributed by atoms with Crippen LogP contribution < -0.4 is 21.7 Å². The van der Waals surface area contributed by atoms with Crippen LogP contribution in [0.25, 0.3) is 0 Å². The van der Waals surface area contributed by atoms with Gasteiger partial charge in [0.25, 0.3) is 0 Å². The van der Waals surface area contributed by atoms with Crippen LogP contribution in [0, 0.1) is 11.8 Å². The quantitative estimate of drug-likeness (QED) is 0.204. The van der Waals surface area contributed by atoms with Crippen molar-refractivity contribution >= 4 is 35.5 Å². The molecular formula is C20H38N4O6S. The van der Waals surface area contributed by atoms with Crippen LogP contribution in [0.5, 0.6) is 0 Å². The minimum atomic E-state index is -1.19. The average Bonchev–Trinajstić information content (AvgIpc) is 2.70. The summed E-state index contributed by atoms with van der Waals surface area (Å²) >= 11 is 1.48. The largest absolute Gasteiger partial charge is 0.480 e. The van der Waals surface area contributed by atoms with E-state index in [1.54, 1.807) is 20.8 Å². The van der Waals surface area contributed by atoms with E-state index in [0.29, 0.717) is 18.6 Å². The van der Waals surface area contributed by atoms with E-state index >= 15 is 0 Å². The Hall–Kier alpha value is -1.85. The number of aliphatic hydroxyl groups is 1. The standard InChI is InChI=1S/C20H38N4O6S/c1-7-11(4)16(19(28)23-15(10(2)3)20(29)30)24-17(26)13(8-9-31-6)22-18(27)14(21)12(5)25/h10-16,25H,7-9,21H2,1-6H3,(H,22,27)(H,23,28)(H,24,26)(H,29,30). The lowest BCUT2D eigenvalue weighted by Crippen LogP contribution is -2.59. The predicted molar refractivity (Wildman–Crippen MR) is 120 cm³/mol. The van der Waals surface area contributed by atoms with E-state index in [2.05, 4.69) is 16.0 Å². The highest BCUT2D eigenvalue weighted by Crippen LogP contribution is 2.11. The van der Waals surface area contributed by atoms with E-state index in [1.807, 2.05) is 13.2 Å². The molecule has 0 heterocycles. The fourth-order valence-electron chi connectivity index (χ4n) is 2.70. The highest BCUT2D eigenvalue weighted by atomic mass is 32.2. The van der Waals surface area contributed by atoms with Crippen LogP contribution in [0.15, 0.2) is 0 Å². The van der Waals surface area contributed by atoms with E-state index in [0.717, 1.165) is 0 Å². The molecule has 6 atom stereocenters. The lowest BCUT2D eigenvalue weighted by molar-refractivity contribution is -0.144. The molecule has 0 rings (SSSR count). The number of aliphatic carboxylic acids is 1. The molecule has 3 amide bonds. The lowest BCUT2D eigenvalue weighted by atomic mass is 9.96. The van der Waals surface area contributed by atoms with Crippen LogP contribution in [-0.2, 0) is 19.2 Å². The molecular weight excluding hydrogens is 424 g/mol. The van der Waals surface area contributed by atoms with Gasteiger partial charge in [-0.1, -0.05) is 34.1 Å². The molecule has 10 nitrogen and oxygen atoms in total. The van der Waals surface area contributed by atoms with E-state index in [1.165, 1.54) is 18.7 Å².